The van der Waals surface area contributed by atoms with Crippen molar-refractivity contribution in [2.24, 2.45) is 0 Å². The van der Waals surface area contributed by atoms with E-state index < -0.39 is 0 Å². The number of benzene rings is 1. The molecule has 6 heteroatoms. The van der Waals surface area contributed by atoms with E-state index in [1.54, 1.807) is 11.3 Å². The lowest BCUT2D eigenvalue weighted by Crippen LogP contribution is -2.44. The molecule has 1 aromatic heterocycles. The van der Waals surface area contributed by atoms with Gasteiger partial charge >= 0.3 is 0 Å². The Bertz CT molecular complexity index is 712. The number of hydrogen-bond acceptors (Lipinski definition) is 5. The summed E-state index contributed by atoms with van der Waals surface area (Å²) in [7, 11) is 0. The highest BCUT2D eigenvalue weighted by atomic mass is 32.1. The van der Waals surface area contributed by atoms with E-state index in [0.717, 1.165) is 37.6 Å². The molecule has 1 aromatic carbocycles. The molecule has 1 fully saturated rings. The van der Waals surface area contributed by atoms with Crippen LogP contribution in [0.3, 0.4) is 0 Å². The predicted octanol–water partition coefficient (Wildman–Crippen LogP) is 2.93. The highest BCUT2D eigenvalue weighted by molar-refractivity contribution is 7.10. The van der Waals surface area contributed by atoms with Gasteiger partial charge in [-0.25, -0.2) is 0 Å². The first kappa shape index (κ1) is 18.9. The number of hydrogen-bond donors (Lipinski definition) is 1. The van der Waals surface area contributed by atoms with Gasteiger partial charge in [0, 0.05) is 24.5 Å². The van der Waals surface area contributed by atoms with E-state index in [4.69, 9.17) is 9.47 Å². The minimum absolute atomic E-state index is 0.0305. The van der Waals surface area contributed by atoms with E-state index in [0.29, 0.717) is 6.54 Å². The Morgan fingerprint density at radius 1 is 1.27 bits per heavy atom. The van der Waals surface area contributed by atoms with Crippen molar-refractivity contribution in [3.63, 3.8) is 0 Å². The lowest BCUT2D eigenvalue weighted by atomic mass is 10.1. The second kappa shape index (κ2) is 9.16. The molecule has 5 nitrogen and oxygen atoms in total. The number of nitrogens with zero attached hydrogens (tertiary/aromatic N) is 1. The number of amides is 1. The number of ether oxygens (including phenoxy) is 2. The average Bonchev–Trinajstić information content (AvgIpc) is 3.18. The average molecular weight is 375 g/mol. The lowest BCUT2D eigenvalue weighted by molar-refractivity contribution is -0.123. The molecule has 26 heavy (non-hydrogen) atoms. The molecule has 1 aliphatic rings. The first-order valence-electron chi connectivity index (χ1n) is 8.95. The molecular weight excluding hydrogens is 348 g/mol. The van der Waals surface area contributed by atoms with Crippen LogP contribution in [0.15, 0.2) is 35.7 Å². The van der Waals surface area contributed by atoms with E-state index in [1.165, 1.54) is 10.4 Å². The third kappa shape index (κ3) is 5.06. The fraction of sp³-hybridized carbons (Fsp3) is 0.450. The molecular formula is C20H26N2O3S. The van der Waals surface area contributed by atoms with Gasteiger partial charge in [0.25, 0.3) is 5.91 Å². The van der Waals surface area contributed by atoms with Crippen LogP contribution in [0.4, 0.5) is 0 Å². The van der Waals surface area contributed by atoms with Crippen LogP contribution in [-0.4, -0.2) is 50.3 Å². The molecule has 0 bridgehead atoms. The fourth-order valence-corrected chi connectivity index (χ4v) is 3.85. The number of nitrogens with one attached hydrogen (secondary N) is 1. The molecule has 1 N–H and O–H groups in total. The second-order valence-electron chi connectivity index (χ2n) is 6.52. The van der Waals surface area contributed by atoms with Crippen LogP contribution < -0.4 is 10.1 Å². The zero-order valence-corrected chi connectivity index (χ0v) is 16.2. The van der Waals surface area contributed by atoms with Crippen LogP contribution in [0.25, 0.3) is 0 Å². The van der Waals surface area contributed by atoms with Crippen molar-refractivity contribution in [3.8, 4) is 5.75 Å². The largest absolute Gasteiger partial charge is 0.484 e. The normalized spacial score (nSPS) is 16.2. The summed E-state index contributed by atoms with van der Waals surface area (Å²) >= 11 is 1.72. The molecule has 1 aliphatic heterocycles. The zero-order chi connectivity index (χ0) is 18.4. The molecule has 0 aliphatic carbocycles. The molecule has 2 aromatic rings. The Morgan fingerprint density at radius 2 is 2.08 bits per heavy atom. The highest BCUT2D eigenvalue weighted by Gasteiger charge is 2.23. The Morgan fingerprint density at radius 3 is 2.77 bits per heavy atom. The Hall–Kier alpha value is -1.89. The van der Waals surface area contributed by atoms with E-state index >= 15 is 0 Å². The summed E-state index contributed by atoms with van der Waals surface area (Å²) in [4.78, 5) is 15.9. The summed E-state index contributed by atoms with van der Waals surface area (Å²) < 4.78 is 11.1. The van der Waals surface area contributed by atoms with Crippen LogP contribution in [0, 0.1) is 13.8 Å². The van der Waals surface area contributed by atoms with Crippen molar-refractivity contribution in [1.29, 1.82) is 0 Å². The van der Waals surface area contributed by atoms with Gasteiger partial charge in [0.05, 0.1) is 19.3 Å². The summed E-state index contributed by atoms with van der Waals surface area (Å²) in [6.07, 6.45) is 0. The summed E-state index contributed by atoms with van der Waals surface area (Å²) in [5.41, 5.74) is 2.37. The van der Waals surface area contributed by atoms with Gasteiger partial charge in [0.15, 0.2) is 6.61 Å². The lowest BCUT2D eigenvalue weighted by Gasteiger charge is -2.34. The first-order valence-corrected chi connectivity index (χ1v) is 9.83. The fourth-order valence-electron chi connectivity index (χ4n) is 2.99. The van der Waals surface area contributed by atoms with Crippen LogP contribution >= 0.6 is 11.3 Å². The predicted molar refractivity (Wildman–Crippen MR) is 104 cm³/mol. The van der Waals surface area contributed by atoms with E-state index in [9.17, 15) is 4.79 Å². The minimum Gasteiger partial charge on any atom is -0.484 e. The van der Waals surface area contributed by atoms with Gasteiger partial charge in [0.1, 0.15) is 5.75 Å². The number of carbonyl (C=O) groups is 1. The molecule has 140 valence electrons. The van der Waals surface area contributed by atoms with E-state index in [1.807, 2.05) is 25.1 Å². The van der Waals surface area contributed by atoms with Gasteiger partial charge in [0.2, 0.25) is 0 Å². The zero-order valence-electron chi connectivity index (χ0n) is 15.4. The van der Waals surface area contributed by atoms with Crippen molar-refractivity contribution in [2.45, 2.75) is 19.9 Å². The molecule has 1 amide bonds. The topological polar surface area (TPSA) is 50.8 Å². The maximum atomic E-state index is 12.2. The SMILES string of the molecule is Cc1ccc(OCC(=O)NC[C@@H](c2cccs2)N2CCOCC2)cc1C. The van der Waals surface area contributed by atoms with Crippen LogP contribution in [-0.2, 0) is 9.53 Å². The molecule has 1 saturated heterocycles. The quantitative estimate of drug-likeness (QED) is 0.810. The number of morpholine rings is 1. The standard InChI is InChI=1S/C20H26N2O3S/c1-15-5-6-17(12-16(15)2)25-14-20(23)21-13-18(19-4-3-11-26-19)22-7-9-24-10-8-22/h3-6,11-12,18H,7-10,13-14H2,1-2H3,(H,21,23)/t18-/m0/s1. The van der Waals surface area contributed by atoms with Gasteiger partial charge in [-0.3, -0.25) is 9.69 Å². The molecule has 0 unspecified atom stereocenters. The monoisotopic (exact) mass is 374 g/mol. The third-order valence-electron chi connectivity index (χ3n) is 4.70. The Labute approximate surface area is 158 Å². The Balaban J connectivity index is 1.52. The van der Waals surface area contributed by atoms with Gasteiger partial charge in [-0.15, -0.1) is 11.3 Å². The number of aryl methyl sites for hydroxylation is 2. The van der Waals surface area contributed by atoms with Gasteiger partial charge in [-0.05, 0) is 48.6 Å². The molecule has 3 rings (SSSR count). The van der Waals surface area contributed by atoms with Gasteiger partial charge in [-0.2, -0.15) is 0 Å². The number of rotatable bonds is 7. The van der Waals surface area contributed by atoms with Crippen molar-refractivity contribution < 1.29 is 14.3 Å². The van der Waals surface area contributed by atoms with Crippen LogP contribution in [0.2, 0.25) is 0 Å². The number of carbonyl (C=O) groups excluding carboxylic acids is 1. The molecule has 1 atom stereocenters. The first-order chi connectivity index (χ1) is 12.6. The third-order valence-corrected chi connectivity index (χ3v) is 5.67. The van der Waals surface area contributed by atoms with E-state index in [2.05, 4.69) is 34.7 Å². The minimum atomic E-state index is -0.0990. The van der Waals surface area contributed by atoms with Crippen LogP contribution in [0.5, 0.6) is 5.75 Å². The van der Waals surface area contributed by atoms with E-state index in [-0.39, 0.29) is 18.6 Å². The Kier molecular flexibility index (Phi) is 6.66. The summed E-state index contributed by atoms with van der Waals surface area (Å²) in [5, 5.41) is 5.10. The molecule has 2 heterocycles. The molecule has 0 saturated carbocycles. The van der Waals surface area contributed by atoms with Crippen molar-refractivity contribution in [3.05, 3.63) is 51.7 Å². The maximum Gasteiger partial charge on any atom is 0.258 e. The number of thiophene rings is 1. The maximum absolute atomic E-state index is 12.2. The summed E-state index contributed by atoms with van der Waals surface area (Å²) in [6.45, 7) is 7.96. The van der Waals surface area contributed by atoms with Crippen molar-refractivity contribution in [2.75, 3.05) is 39.5 Å². The summed E-state index contributed by atoms with van der Waals surface area (Å²) in [5.74, 6) is 0.629. The van der Waals surface area contributed by atoms with Crippen LogP contribution in [0.1, 0.15) is 22.0 Å². The smallest absolute Gasteiger partial charge is 0.258 e. The molecule has 0 radical (unpaired) electrons. The second-order valence-corrected chi connectivity index (χ2v) is 7.50. The summed E-state index contributed by atoms with van der Waals surface area (Å²) in [6, 6.07) is 10.2. The van der Waals surface area contributed by atoms with Gasteiger partial charge in [-0.1, -0.05) is 12.1 Å². The molecule has 0 spiro atoms. The van der Waals surface area contributed by atoms with Crippen molar-refractivity contribution >= 4 is 17.2 Å². The van der Waals surface area contributed by atoms with Gasteiger partial charge < -0.3 is 14.8 Å². The van der Waals surface area contributed by atoms with Crippen molar-refractivity contribution in [1.82, 2.24) is 10.2 Å². The highest BCUT2D eigenvalue weighted by Crippen LogP contribution is 2.25.